The number of para-hydroxylation sites is 1. The van der Waals surface area contributed by atoms with Gasteiger partial charge >= 0.3 is 0 Å². The fourth-order valence-corrected chi connectivity index (χ4v) is 4.33. The molecule has 0 atom stereocenters. The fraction of sp³-hybridized carbons (Fsp3) is 0.556. The number of carbonyl (C=O) groups is 1. The highest BCUT2D eigenvalue weighted by molar-refractivity contribution is 7.20. The van der Waals surface area contributed by atoms with E-state index in [-0.39, 0.29) is 6.10 Å². The van der Waals surface area contributed by atoms with Crippen molar-refractivity contribution in [2.75, 3.05) is 13.1 Å². The minimum atomic E-state index is 0.182. The maximum atomic E-state index is 12.3. The number of carbonyl (C=O) groups excluding carboxylic acids is 1. The van der Waals surface area contributed by atoms with Gasteiger partial charge in [0.1, 0.15) is 6.10 Å². The van der Waals surface area contributed by atoms with Crippen molar-refractivity contribution in [3.05, 3.63) is 23.8 Å². The standard InChI is InChI=1S/C18H22N2O2S/c1-12-4-2-7-15-16(12)19-18(23-15)22-14-8-10-20(11-9-14)17(21)13-5-3-6-13/h2,4,7,13-14H,3,5-6,8-11H2,1H3. The molecule has 1 saturated carbocycles. The summed E-state index contributed by atoms with van der Waals surface area (Å²) in [5.74, 6) is 0.671. The van der Waals surface area contributed by atoms with E-state index in [9.17, 15) is 4.79 Å². The maximum Gasteiger partial charge on any atom is 0.274 e. The van der Waals surface area contributed by atoms with Crippen LogP contribution < -0.4 is 4.74 Å². The lowest BCUT2D eigenvalue weighted by atomic mass is 9.84. The van der Waals surface area contributed by atoms with Gasteiger partial charge in [0.05, 0.1) is 10.2 Å². The Labute approximate surface area is 140 Å². The van der Waals surface area contributed by atoms with Crippen LogP contribution in [0.15, 0.2) is 18.2 Å². The molecule has 1 aromatic heterocycles. The average molecular weight is 330 g/mol. The first kappa shape index (κ1) is 14.9. The third kappa shape index (κ3) is 2.94. The molecule has 0 N–H and O–H groups in total. The molecule has 1 amide bonds. The molecular formula is C18H22N2O2S. The third-order valence-corrected chi connectivity index (χ3v) is 5.99. The molecule has 1 aliphatic heterocycles. The van der Waals surface area contributed by atoms with Crippen molar-refractivity contribution in [2.45, 2.75) is 45.1 Å². The van der Waals surface area contributed by atoms with Crippen LogP contribution >= 0.6 is 11.3 Å². The topological polar surface area (TPSA) is 42.4 Å². The molecular weight excluding hydrogens is 308 g/mol. The first-order valence-electron chi connectivity index (χ1n) is 8.52. The summed E-state index contributed by atoms with van der Waals surface area (Å²) in [4.78, 5) is 18.9. The summed E-state index contributed by atoms with van der Waals surface area (Å²) in [7, 11) is 0. The lowest BCUT2D eigenvalue weighted by molar-refractivity contribution is -0.140. The predicted octanol–water partition coefficient (Wildman–Crippen LogP) is 3.77. The zero-order chi connectivity index (χ0) is 15.8. The van der Waals surface area contributed by atoms with Crippen LogP contribution in [0.2, 0.25) is 0 Å². The van der Waals surface area contributed by atoms with Crippen LogP contribution in [0.5, 0.6) is 5.19 Å². The van der Waals surface area contributed by atoms with Crippen molar-refractivity contribution < 1.29 is 9.53 Å². The number of thiazole rings is 1. The number of likely N-dealkylation sites (tertiary alicyclic amines) is 1. The molecule has 2 fully saturated rings. The van der Waals surface area contributed by atoms with Crippen molar-refractivity contribution >= 4 is 27.5 Å². The zero-order valence-corrected chi connectivity index (χ0v) is 14.3. The highest BCUT2D eigenvalue weighted by Crippen LogP contribution is 2.32. The minimum Gasteiger partial charge on any atom is -0.467 e. The lowest BCUT2D eigenvalue weighted by Crippen LogP contribution is -2.45. The van der Waals surface area contributed by atoms with E-state index in [4.69, 9.17) is 4.74 Å². The number of piperidine rings is 1. The minimum absolute atomic E-state index is 0.182. The second kappa shape index (κ2) is 6.11. The molecule has 23 heavy (non-hydrogen) atoms. The highest BCUT2D eigenvalue weighted by atomic mass is 32.1. The van der Waals surface area contributed by atoms with Gasteiger partial charge in [0.25, 0.3) is 5.19 Å². The molecule has 2 aliphatic rings. The SMILES string of the molecule is Cc1cccc2sc(OC3CCN(C(=O)C4CCC4)CC3)nc12. The van der Waals surface area contributed by atoms with Gasteiger partial charge in [-0.2, -0.15) is 0 Å². The number of aryl methyl sites for hydroxylation is 1. The second-order valence-corrected chi connectivity index (χ2v) is 7.66. The smallest absolute Gasteiger partial charge is 0.274 e. The number of amides is 1. The van der Waals surface area contributed by atoms with Crippen LogP contribution in [0.1, 0.15) is 37.7 Å². The summed E-state index contributed by atoms with van der Waals surface area (Å²) in [5, 5.41) is 0.762. The Bertz CT molecular complexity index is 715. The van der Waals surface area contributed by atoms with Crippen molar-refractivity contribution in [3.63, 3.8) is 0 Å². The van der Waals surface area contributed by atoms with Crippen LogP contribution in [-0.2, 0) is 4.79 Å². The van der Waals surface area contributed by atoms with Crippen molar-refractivity contribution in [3.8, 4) is 5.19 Å². The van der Waals surface area contributed by atoms with E-state index in [0.717, 1.165) is 49.5 Å². The Morgan fingerprint density at radius 3 is 2.70 bits per heavy atom. The molecule has 122 valence electrons. The predicted molar refractivity (Wildman–Crippen MR) is 91.9 cm³/mol. The van der Waals surface area contributed by atoms with Gasteiger partial charge in [0.2, 0.25) is 5.91 Å². The maximum absolute atomic E-state index is 12.3. The number of ether oxygens (including phenoxy) is 1. The van der Waals surface area contributed by atoms with Gasteiger partial charge in [0.15, 0.2) is 0 Å². The first-order chi connectivity index (χ1) is 11.2. The number of hydrogen-bond donors (Lipinski definition) is 0. The van der Waals surface area contributed by atoms with Crippen molar-refractivity contribution in [1.82, 2.24) is 9.88 Å². The number of hydrogen-bond acceptors (Lipinski definition) is 4. The first-order valence-corrected chi connectivity index (χ1v) is 9.34. The summed E-state index contributed by atoms with van der Waals surface area (Å²) in [6, 6.07) is 6.23. The van der Waals surface area contributed by atoms with Gasteiger partial charge in [-0.15, -0.1) is 0 Å². The van der Waals surface area contributed by atoms with Gasteiger partial charge in [-0.05, 0) is 31.4 Å². The number of fused-ring (bicyclic) bond motifs is 1. The summed E-state index contributed by atoms with van der Waals surface area (Å²) in [5.41, 5.74) is 2.24. The van der Waals surface area contributed by atoms with E-state index < -0.39 is 0 Å². The van der Waals surface area contributed by atoms with Crippen LogP contribution in [0, 0.1) is 12.8 Å². The molecule has 0 radical (unpaired) electrons. The van der Waals surface area contributed by atoms with Crippen LogP contribution in [0.4, 0.5) is 0 Å². The molecule has 0 bridgehead atoms. The fourth-order valence-electron chi connectivity index (χ4n) is 3.37. The normalized spacial score (nSPS) is 19.8. The molecule has 1 aromatic carbocycles. The van der Waals surface area contributed by atoms with E-state index in [2.05, 4.69) is 30.1 Å². The van der Waals surface area contributed by atoms with E-state index in [1.807, 2.05) is 4.90 Å². The summed E-state index contributed by atoms with van der Waals surface area (Å²) >= 11 is 1.62. The molecule has 4 nitrogen and oxygen atoms in total. The van der Waals surface area contributed by atoms with Crippen molar-refractivity contribution in [1.29, 1.82) is 0 Å². The monoisotopic (exact) mass is 330 g/mol. The zero-order valence-electron chi connectivity index (χ0n) is 13.5. The van der Waals surface area contributed by atoms with E-state index >= 15 is 0 Å². The molecule has 0 spiro atoms. The summed E-state index contributed by atoms with van der Waals surface area (Å²) < 4.78 is 7.27. The molecule has 2 heterocycles. The Kier molecular flexibility index (Phi) is 3.97. The number of nitrogens with zero attached hydrogens (tertiary/aromatic N) is 2. The number of rotatable bonds is 3. The molecule has 2 aromatic rings. The summed E-state index contributed by atoms with van der Waals surface area (Å²) in [6.07, 6.45) is 5.38. The number of benzene rings is 1. The van der Waals surface area contributed by atoms with Crippen LogP contribution in [0.25, 0.3) is 10.2 Å². The lowest BCUT2D eigenvalue weighted by Gasteiger charge is -2.36. The van der Waals surface area contributed by atoms with Gasteiger partial charge in [0, 0.05) is 31.8 Å². The molecule has 1 saturated heterocycles. The molecule has 5 heteroatoms. The Morgan fingerprint density at radius 2 is 2.04 bits per heavy atom. The molecule has 1 aliphatic carbocycles. The quantitative estimate of drug-likeness (QED) is 0.860. The third-order valence-electron chi connectivity index (χ3n) is 5.08. The van der Waals surface area contributed by atoms with Gasteiger partial charge in [-0.25, -0.2) is 4.98 Å². The van der Waals surface area contributed by atoms with Crippen LogP contribution in [0.3, 0.4) is 0 Å². The van der Waals surface area contributed by atoms with E-state index in [1.54, 1.807) is 11.3 Å². The Hall–Kier alpha value is -1.62. The van der Waals surface area contributed by atoms with Crippen molar-refractivity contribution in [2.24, 2.45) is 5.92 Å². The number of aromatic nitrogens is 1. The average Bonchev–Trinajstić information content (AvgIpc) is 2.90. The van der Waals surface area contributed by atoms with Gasteiger partial charge in [-0.1, -0.05) is 29.9 Å². The van der Waals surface area contributed by atoms with E-state index in [1.165, 1.54) is 16.7 Å². The molecule has 0 unspecified atom stereocenters. The largest absolute Gasteiger partial charge is 0.467 e. The second-order valence-electron chi connectivity index (χ2n) is 6.67. The molecule has 4 rings (SSSR count). The Morgan fingerprint density at radius 1 is 1.26 bits per heavy atom. The van der Waals surface area contributed by atoms with Gasteiger partial charge < -0.3 is 9.64 Å². The summed E-state index contributed by atoms with van der Waals surface area (Å²) in [6.45, 7) is 3.73. The van der Waals surface area contributed by atoms with Gasteiger partial charge in [-0.3, -0.25) is 4.79 Å². The highest BCUT2D eigenvalue weighted by Gasteiger charge is 2.32. The Balaban J connectivity index is 1.36. The van der Waals surface area contributed by atoms with Crippen LogP contribution in [-0.4, -0.2) is 35.0 Å². The van der Waals surface area contributed by atoms with E-state index in [0.29, 0.717) is 11.8 Å².